The highest BCUT2D eigenvalue weighted by atomic mass is 16.3. The molecule has 0 bridgehead atoms. The van der Waals surface area contributed by atoms with Gasteiger partial charge in [-0.25, -0.2) is 4.99 Å². The Morgan fingerprint density at radius 1 is 1.31 bits per heavy atom. The quantitative estimate of drug-likeness (QED) is 0.573. The molecule has 0 fully saturated rings. The molecule has 1 aliphatic heterocycles. The van der Waals surface area contributed by atoms with Crippen molar-refractivity contribution in [1.82, 2.24) is 4.98 Å². The van der Waals surface area contributed by atoms with Gasteiger partial charge in [0.25, 0.3) is 5.56 Å². The maximum absolute atomic E-state index is 12.5. The topological polar surface area (TPSA) is 81.0 Å². The van der Waals surface area contributed by atoms with Crippen LogP contribution in [-0.4, -0.2) is 22.5 Å². The normalized spacial score (nSPS) is 15.7. The number of hydrogen-bond acceptors (Lipinski definition) is 5. The molecule has 0 amide bonds. The number of aliphatic imine (C=N–C) groups is 1. The van der Waals surface area contributed by atoms with Gasteiger partial charge in [-0.05, 0) is 32.3 Å². The zero-order valence-corrected chi connectivity index (χ0v) is 15.6. The van der Waals surface area contributed by atoms with Crippen LogP contribution in [0.5, 0.6) is 5.75 Å². The molecule has 1 aliphatic rings. The fraction of sp³-hybridized carbons (Fsp3) is 0.350. The SMILES string of the molecule is C=NN1/C(=C\CC)N=C(C)c2c1[nH]c(=O)c(C/C=C\C=C/CCC)c2O. The molecule has 0 saturated carbocycles. The van der Waals surface area contributed by atoms with Gasteiger partial charge in [0.05, 0.1) is 16.8 Å². The molecule has 1 aromatic rings. The number of anilines is 1. The number of fused-ring (bicyclic) bond motifs is 1. The molecule has 2 heterocycles. The average Bonchev–Trinajstić information content (AvgIpc) is 2.60. The Hall–Kier alpha value is -2.89. The Balaban J connectivity index is 2.43. The van der Waals surface area contributed by atoms with E-state index in [-0.39, 0.29) is 11.3 Å². The molecule has 2 rings (SSSR count). The third kappa shape index (κ3) is 4.02. The number of nitrogens with one attached hydrogen (secondary N) is 1. The van der Waals surface area contributed by atoms with Crippen LogP contribution in [0.1, 0.15) is 51.2 Å². The maximum Gasteiger partial charge on any atom is 0.256 e. The van der Waals surface area contributed by atoms with Gasteiger partial charge in [0, 0.05) is 6.72 Å². The number of hydrazone groups is 1. The molecule has 26 heavy (non-hydrogen) atoms. The van der Waals surface area contributed by atoms with Gasteiger partial charge in [0.15, 0.2) is 5.82 Å². The lowest BCUT2D eigenvalue weighted by Gasteiger charge is -2.27. The zero-order chi connectivity index (χ0) is 19.1. The number of nitrogens with zero attached hydrogens (tertiary/aromatic N) is 3. The van der Waals surface area contributed by atoms with E-state index in [2.05, 4.69) is 34.8 Å². The summed E-state index contributed by atoms with van der Waals surface area (Å²) >= 11 is 0. The largest absolute Gasteiger partial charge is 0.507 e. The second kappa shape index (κ2) is 8.99. The molecule has 0 radical (unpaired) electrons. The van der Waals surface area contributed by atoms with Gasteiger partial charge >= 0.3 is 0 Å². The number of unbranched alkanes of at least 4 members (excludes halogenated alkanes) is 1. The van der Waals surface area contributed by atoms with E-state index in [1.807, 2.05) is 31.2 Å². The van der Waals surface area contributed by atoms with Crippen molar-refractivity contribution in [3.05, 3.63) is 57.7 Å². The highest BCUT2D eigenvalue weighted by molar-refractivity contribution is 6.07. The third-order valence-electron chi connectivity index (χ3n) is 4.03. The Kier molecular flexibility index (Phi) is 6.72. The van der Waals surface area contributed by atoms with E-state index in [1.54, 1.807) is 6.92 Å². The van der Waals surface area contributed by atoms with E-state index in [1.165, 1.54) is 5.01 Å². The summed E-state index contributed by atoms with van der Waals surface area (Å²) < 4.78 is 0. The van der Waals surface area contributed by atoms with Gasteiger partial charge < -0.3 is 10.1 Å². The number of aromatic hydroxyl groups is 1. The van der Waals surface area contributed by atoms with Gasteiger partial charge in [0.2, 0.25) is 0 Å². The van der Waals surface area contributed by atoms with Crippen molar-refractivity contribution in [2.24, 2.45) is 10.1 Å². The van der Waals surface area contributed by atoms with Crippen molar-refractivity contribution >= 4 is 18.2 Å². The number of hydrogen-bond donors (Lipinski definition) is 2. The first-order valence-electron chi connectivity index (χ1n) is 8.87. The van der Waals surface area contributed by atoms with E-state index in [0.29, 0.717) is 34.9 Å². The molecule has 1 aromatic heterocycles. The molecule has 0 aliphatic carbocycles. The average molecular weight is 354 g/mol. The lowest BCUT2D eigenvalue weighted by Crippen LogP contribution is -2.28. The summed E-state index contributed by atoms with van der Waals surface area (Å²) in [5.41, 5.74) is 1.07. The van der Waals surface area contributed by atoms with E-state index in [0.717, 1.165) is 19.3 Å². The summed E-state index contributed by atoms with van der Waals surface area (Å²) in [5.74, 6) is 0.915. The number of allylic oxidation sites excluding steroid dienone is 5. The predicted molar refractivity (Wildman–Crippen MR) is 108 cm³/mol. The van der Waals surface area contributed by atoms with Crippen LogP contribution in [0.3, 0.4) is 0 Å². The molecule has 0 spiro atoms. The van der Waals surface area contributed by atoms with Crippen molar-refractivity contribution in [3.8, 4) is 5.75 Å². The first-order chi connectivity index (χ1) is 12.5. The smallest absolute Gasteiger partial charge is 0.256 e. The minimum atomic E-state index is -0.345. The first-order valence-corrected chi connectivity index (χ1v) is 8.87. The number of pyridine rings is 1. The summed E-state index contributed by atoms with van der Waals surface area (Å²) in [4.78, 5) is 19.8. The fourth-order valence-corrected chi connectivity index (χ4v) is 2.76. The highest BCUT2D eigenvalue weighted by Gasteiger charge is 2.27. The van der Waals surface area contributed by atoms with Gasteiger partial charge in [0.1, 0.15) is 11.6 Å². The maximum atomic E-state index is 12.5. The van der Waals surface area contributed by atoms with Crippen LogP contribution in [0.2, 0.25) is 0 Å². The molecule has 0 atom stereocenters. The van der Waals surface area contributed by atoms with Crippen LogP contribution in [0.25, 0.3) is 0 Å². The van der Waals surface area contributed by atoms with Crippen molar-refractivity contribution in [3.63, 3.8) is 0 Å². The standard InChI is InChI=1S/C20H26N4O2/c1-5-7-8-9-10-11-13-15-18(25)17-14(3)22-16(12-6-2)24(21-4)19(17)23-20(15)26/h8-12H,4-7,13H2,1-3H3,(H2,23,25,26)/b9-8-,11-10-,16-12-. The van der Waals surface area contributed by atoms with Gasteiger partial charge in [-0.15, -0.1) is 0 Å². The summed E-state index contributed by atoms with van der Waals surface area (Å²) in [6, 6.07) is 0. The van der Waals surface area contributed by atoms with Gasteiger partial charge in [-0.3, -0.25) is 4.79 Å². The van der Waals surface area contributed by atoms with Crippen LogP contribution >= 0.6 is 0 Å². The summed E-state index contributed by atoms with van der Waals surface area (Å²) in [5, 5.41) is 16.1. The van der Waals surface area contributed by atoms with Crippen LogP contribution in [-0.2, 0) is 6.42 Å². The molecule has 0 aromatic carbocycles. The number of aromatic amines is 1. The minimum Gasteiger partial charge on any atom is -0.507 e. The molecule has 138 valence electrons. The molecule has 6 heteroatoms. The summed E-state index contributed by atoms with van der Waals surface area (Å²) in [7, 11) is 0. The van der Waals surface area contributed by atoms with Crippen molar-refractivity contribution in [1.29, 1.82) is 0 Å². The third-order valence-corrected chi connectivity index (χ3v) is 4.03. The highest BCUT2D eigenvalue weighted by Crippen LogP contribution is 2.35. The van der Waals surface area contributed by atoms with Gasteiger partial charge in [-0.2, -0.15) is 10.1 Å². The van der Waals surface area contributed by atoms with Crippen LogP contribution < -0.4 is 10.6 Å². The molecular formula is C20H26N4O2. The molecule has 2 N–H and O–H groups in total. The number of rotatable bonds is 7. The zero-order valence-electron chi connectivity index (χ0n) is 15.6. The van der Waals surface area contributed by atoms with E-state index >= 15 is 0 Å². The lowest BCUT2D eigenvalue weighted by molar-refractivity contribution is 0.466. The van der Waals surface area contributed by atoms with E-state index in [9.17, 15) is 9.90 Å². The number of H-pyrrole nitrogens is 1. The second-order valence-electron chi connectivity index (χ2n) is 5.98. The summed E-state index contributed by atoms with van der Waals surface area (Å²) in [6.07, 6.45) is 12.8. The molecule has 6 nitrogen and oxygen atoms in total. The fourth-order valence-electron chi connectivity index (χ4n) is 2.76. The molecular weight excluding hydrogens is 328 g/mol. The van der Waals surface area contributed by atoms with Crippen LogP contribution in [0.15, 0.2) is 51.1 Å². The Bertz CT molecular complexity index is 844. The molecule has 0 saturated heterocycles. The minimum absolute atomic E-state index is 0.0589. The second-order valence-corrected chi connectivity index (χ2v) is 5.98. The van der Waals surface area contributed by atoms with Gasteiger partial charge in [-0.1, -0.05) is 44.6 Å². The Labute approximate surface area is 154 Å². The Morgan fingerprint density at radius 3 is 2.69 bits per heavy atom. The van der Waals surface area contributed by atoms with Crippen molar-refractivity contribution in [2.45, 2.75) is 46.5 Å². The lowest BCUT2D eigenvalue weighted by atomic mass is 10.0. The van der Waals surface area contributed by atoms with Crippen molar-refractivity contribution in [2.75, 3.05) is 5.01 Å². The van der Waals surface area contributed by atoms with Crippen LogP contribution in [0, 0.1) is 0 Å². The molecule has 0 unspecified atom stereocenters. The summed E-state index contributed by atoms with van der Waals surface area (Å²) in [6.45, 7) is 9.45. The number of aromatic nitrogens is 1. The predicted octanol–water partition coefficient (Wildman–Crippen LogP) is 4.03. The van der Waals surface area contributed by atoms with E-state index in [4.69, 9.17) is 0 Å². The van der Waals surface area contributed by atoms with E-state index < -0.39 is 0 Å². The monoisotopic (exact) mass is 354 g/mol. The van der Waals surface area contributed by atoms with Crippen LogP contribution in [0.4, 0.5) is 5.82 Å². The Morgan fingerprint density at radius 2 is 2.04 bits per heavy atom. The first kappa shape index (κ1) is 19.4. The van der Waals surface area contributed by atoms with Crippen molar-refractivity contribution < 1.29 is 5.11 Å².